The molecule has 1 aromatic rings. The molecule has 1 fully saturated rings. The molecule has 0 aliphatic carbocycles. The number of nitriles is 1. The lowest BCUT2D eigenvalue weighted by atomic mass is 10.0. The highest BCUT2D eigenvalue weighted by atomic mass is 35.5. The van der Waals surface area contributed by atoms with Crippen molar-refractivity contribution in [2.45, 2.75) is 32.4 Å². The largest absolute Gasteiger partial charge is 0.334 e. The van der Waals surface area contributed by atoms with Crippen LogP contribution in [0, 0.1) is 11.3 Å². The fourth-order valence-corrected chi connectivity index (χ4v) is 2.96. The Morgan fingerprint density at radius 1 is 1.30 bits per heavy atom. The van der Waals surface area contributed by atoms with Crippen LogP contribution in [0.1, 0.15) is 32.5 Å². The van der Waals surface area contributed by atoms with Gasteiger partial charge in [0.25, 0.3) is 0 Å². The molecule has 0 bridgehead atoms. The van der Waals surface area contributed by atoms with E-state index in [-0.39, 0.29) is 11.6 Å². The van der Waals surface area contributed by atoms with Gasteiger partial charge in [0.05, 0.1) is 18.1 Å². The highest BCUT2D eigenvalue weighted by Crippen LogP contribution is 2.27. The van der Waals surface area contributed by atoms with E-state index in [1.807, 2.05) is 11.6 Å². The molecule has 1 atom stereocenters. The number of piperazine rings is 1. The van der Waals surface area contributed by atoms with Crippen LogP contribution in [0.5, 0.6) is 0 Å². The number of rotatable bonds is 2. The minimum atomic E-state index is -0.322. The van der Waals surface area contributed by atoms with E-state index in [1.165, 1.54) is 0 Å². The highest BCUT2D eigenvalue weighted by molar-refractivity contribution is 6.30. The minimum absolute atomic E-state index is 0.179. The van der Waals surface area contributed by atoms with Crippen molar-refractivity contribution in [1.82, 2.24) is 19.4 Å². The van der Waals surface area contributed by atoms with E-state index in [9.17, 15) is 5.26 Å². The molecular formula is C14H22ClN5. The fraction of sp³-hybridized carbons (Fsp3) is 0.714. The van der Waals surface area contributed by atoms with Gasteiger partial charge in [-0.25, -0.2) is 4.98 Å². The van der Waals surface area contributed by atoms with Crippen LogP contribution in [-0.4, -0.2) is 51.1 Å². The Kier molecular flexibility index (Phi) is 4.38. The smallest absolute Gasteiger partial charge is 0.152 e. The summed E-state index contributed by atoms with van der Waals surface area (Å²) in [6, 6.07) is 2.05. The predicted molar refractivity (Wildman–Crippen MR) is 79.5 cm³/mol. The van der Waals surface area contributed by atoms with Gasteiger partial charge in [-0.05, 0) is 20.8 Å². The van der Waals surface area contributed by atoms with E-state index in [0.29, 0.717) is 5.15 Å². The Bertz CT molecular complexity index is 483. The fourth-order valence-electron chi connectivity index (χ4n) is 2.68. The van der Waals surface area contributed by atoms with Crippen molar-refractivity contribution in [2.24, 2.45) is 7.05 Å². The normalized spacial score (nSPS) is 19.8. The topological polar surface area (TPSA) is 48.1 Å². The highest BCUT2D eigenvalue weighted by Gasteiger charge is 2.31. The Morgan fingerprint density at radius 3 is 2.30 bits per heavy atom. The summed E-state index contributed by atoms with van der Waals surface area (Å²) in [7, 11) is 1.88. The molecule has 2 heterocycles. The summed E-state index contributed by atoms with van der Waals surface area (Å²) in [6.07, 6.45) is 1.66. The summed E-state index contributed by atoms with van der Waals surface area (Å²) in [6.45, 7) is 10.4. The van der Waals surface area contributed by atoms with E-state index in [1.54, 1.807) is 6.33 Å². The van der Waals surface area contributed by atoms with Crippen LogP contribution >= 0.6 is 11.6 Å². The summed E-state index contributed by atoms with van der Waals surface area (Å²) in [5.41, 5.74) is 0.969. The van der Waals surface area contributed by atoms with Crippen LogP contribution in [0.2, 0.25) is 5.15 Å². The zero-order valence-electron chi connectivity index (χ0n) is 12.6. The van der Waals surface area contributed by atoms with Crippen molar-refractivity contribution in [1.29, 1.82) is 5.26 Å². The third-order valence-electron chi connectivity index (χ3n) is 3.95. The van der Waals surface area contributed by atoms with Gasteiger partial charge in [0, 0.05) is 38.8 Å². The van der Waals surface area contributed by atoms with Crippen LogP contribution in [0.25, 0.3) is 0 Å². The quantitative estimate of drug-likeness (QED) is 0.838. The lowest BCUT2D eigenvalue weighted by molar-refractivity contribution is 0.0508. The van der Waals surface area contributed by atoms with E-state index < -0.39 is 0 Å². The average molecular weight is 296 g/mol. The summed E-state index contributed by atoms with van der Waals surface area (Å²) in [5, 5.41) is 9.95. The van der Waals surface area contributed by atoms with Gasteiger partial charge >= 0.3 is 0 Å². The van der Waals surface area contributed by atoms with Gasteiger partial charge in [0.15, 0.2) is 5.15 Å². The predicted octanol–water partition coefficient (Wildman–Crippen LogP) is 2.05. The molecule has 5 nitrogen and oxygen atoms in total. The van der Waals surface area contributed by atoms with Crippen LogP contribution in [0.4, 0.5) is 0 Å². The van der Waals surface area contributed by atoms with Crippen LogP contribution in [-0.2, 0) is 7.05 Å². The first-order valence-corrected chi connectivity index (χ1v) is 7.28. The van der Waals surface area contributed by atoms with Gasteiger partial charge in [-0.1, -0.05) is 11.6 Å². The third kappa shape index (κ3) is 2.98. The molecule has 0 spiro atoms. The number of hydrogen-bond acceptors (Lipinski definition) is 4. The second kappa shape index (κ2) is 5.72. The molecule has 0 saturated carbocycles. The van der Waals surface area contributed by atoms with Gasteiger partial charge in [-0.3, -0.25) is 9.80 Å². The molecule has 2 rings (SSSR count). The molecule has 6 heteroatoms. The van der Waals surface area contributed by atoms with Crippen LogP contribution in [0.15, 0.2) is 6.33 Å². The number of aryl methyl sites for hydroxylation is 1. The zero-order chi connectivity index (χ0) is 14.9. The summed E-state index contributed by atoms with van der Waals surface area (Å²) < 4.78 is 1.84. The first-order valence-electron chi connectivity index (χ1n) is 6.90. The molecule has 0 aromatic carbocycles. The standard InChI is InChI=1S/C14H22ClN5/c1-14(2,3)20-7-5-19(6-8-20)11(9-16)12-13(15)17-10-18(12)4/h10-11H,5-8H2,1-4H3. The van der Waals surface area contributed by atoms with Crippen molar-refractivity contribution in [3.05, 3.63) is 17.2 Å². The van der Waals surface area contributed by atoms with Crippen molar-refractivity contribution in [3.8, 4) is 6.07 Å². The Balaban J connectivity index is 2.11. The molecule has 1 aromatic heterocycles. The SMILES string of the molecule is Cn1cnc(Cl)c1C(C#N)N1CCN(C(C)(C)C)CC1. The van der Waals surface area contributed by atoms with E-state index in [0.717, 1.165) is 31.9 Å². The second-order valence-electron chi connectivity index (χ2n) is 6.26. The van der Waals surface area contributed by atoms with Crippen LogP contribution < -0.4 is 0 Å². The van der Waals surface area contributed by atoms with E-state index >= 15 is 0 Å². The molecule has 110 valence electrons. The maximum atomic E-state index is 9.52. The Morgan fingerprint density at radius 2 is 1.90 bits per heavy atom. The van der Waals surface area contributed by atoms with Crippen LogP contribution in [0.3, 0.4) is 0 Å². The van der Waals surface area contributed by atoms with E-state index in [2.05, 4.69) is 41.6 Å². The molecule has 20 heavy (non-hydrogen) atoms. The maximum Gasteiger partial charge on any atom is 0.152 e. The van der Waals surface area contributed by atoms with Crippen molar-refractivity contribution in [2.75, 3.05) is 26.2 Å². The van der Waals surface area contributed by atoms with Gasteiger partial charge < -0.3 is 4.57 Å². The number of imidazole rings is 1. The molecule has 0 amide bonds. The maximum absolute atomic E-state index is 9.52. The lowest BCUT2D eigenvalue weighted by Crippen LogP contribution is -2.54. The zero-order valence-corrected chi connectivity index (χ0v) is 13.4. The molecule has 1 unspecified atom stereocenters. The first-order chi connectivity index (χ1) is 9.34. The molecule has 0 radical (unpaired) electrons. The number of halogens is 1. The lowest BCUT2D eigenvalue weighted by Gasteiger charge is -2.43. The average Bonchev–Trinajstić information content (AvgIpc) is 2.71. The third-order valence-corrected chi connectivity index (χ3v) is 4.24. The molecule has 1 aliphatic heterocycles. The Hall–Kier alpha value is -1.09. The molecular weight excluding hydrogens is 274 g/mol. The monoisotopic (exact) mass is 295 g/mol. The molecule has 1 aliphatic rings. The number of nitrogens with zero attached hydrogens (tertiary/aromatic N) is 5. The van der Waals surface area contributed by atoms with Gasteiger partial charge in [0.1, 0.15) is 6.04 Å². The summed E-state index contributed by atoms with van der Waals surface area (Å²) in [4.78, 5) is 8.71. The van der Waals surface area contributed by atoms with Gasteiger partial charge in [-0.15, -0.1) is 0 Å². The van der Waals surface area contributed by atoms with Crippen molar-refractivity contribution < 1.29 is 0 Å². The number of hydrogen-bond donors (Lipinski definition) is 0. The number of aromatic nitrogens is 2. The Labute approximate surface area is 125 Å². The van der Waals surface area contributed by atoms with E-state index in [4.69, 9.17) is 11.6 Å². The first kappa shape index (κ1) is 15.3. The summed E-state index contributed by atoms with van der Waals surface area (Å²) in [5.74, 6) is 0. The molecule has 1 saturated heterocycles. The van der Waals surface area contributed by atoms with Crippen molar-refractivity contribution in [3.63, 3.8) is 0 Å². The minimum Gasteiger partial charge on any atom is -0.334 e. The van der Waals surface area contributed by atoms with Crippen molar-refractivity contribution >= 4 is 11.6 Å². The summed E-state index contributed by atoms with van der Waals surface area (Å²) >= 11 is 6.12. The second-order valence-corrected chi connectivity index (χ2v) is 6.62. The van der Waals surface area contributed by atoms with Gasteiger partial charge in [0.2, 0.25) is 0 Å². The van der Waals surface area contributed by atoms with Gasteiger partial charge in [-0.2, -0.15) is 5.26 Å². The molecule has 0 N–H and O–H groups in total.